The van der Waals surface area contributed by atoms with Crippen LogP contribution in [0.3, 0.4) is 0 Å². The van der Waals surface area contributed by atoms with Gasteiger partial charge in [0.05, 0.1) is 17.9 Å². The van der Waals surface area contributed by atoms with E-state index in [1.165, 1.54) is 0 Å². The number of pyridine rings is 1. The largest absolute Gasteiger partial charge is 0.485 e. The van der Waals surface area contributed by atoms with Crippen molar-refractivity contribution in [3.8, 4) is 17.0 Å². The van der Waals surface area contributed by atoms with Gasteiger partial charge in [-0.2, -0.15) is 0 Å². The normalized spacial score (nSPS) is 17.3. The molecular formula is C22H22N2O3. The maximum absolute atomic E-state index is 12.5. The summed E-state index contributed by atoms with van der Waals surface area (Å²) < 4.78 is 5.95. The smallest absolute Gasteiger partial charge is 0.174 e. The first kappa shape index (κ1) is 17.6. The van der Waals surface area contributed by atoms with Gasteiger partial charge in [0.1, 0.15) is 12.4 Å². The van der Waals surface area contributed by atoms with E-state index in [4.69, 9.17) is 9.72 Å². The molecule has 4 rings (SSSR count). The maximum atomic E-state index is 12.5. The highest BCUT2D eigenvalue weighted by Crippen LogP contribution is 2.30. The van der Waals surface area contributed by atoms with Crippen molar-refractivity contribution in [2.24, 2.45) is 5.92 Å². The van der Waals surface area contributed by atoms with Crippen LogP contribution in [0.4, 0.5) is 0 Å². The number of carbonyl (C=O) groups excluding carboxylic acids is 1. The average Bonchev–Trinajstić information content (AvgIpc) is 3.21. The number of rotatable bonds is 6. The van der Waals surface area contributed by atoms with Crippen LogP contribution in [0, 0.1) is 5.92 Å². The summed E-state index contributed by atoms with van der Waals surface area (Å²) in [6, 6.07) is 19.6. The van der Waals surface area contributed by atoms with E-state index in [1.54, 1.807) is 0 Å². The zero-order valence-electron chi connectivity index (χ0n) is 15.0. The highest BCUT2D eigenvalue weighted by Gasteiger charge is 2.28. The second kappa shape index (κ2) is 7.86. The van der Waals surface area contributed by atoms with Gasteiger partial charge in [-0.3, -0.25) is 9.69 Å². The minimum absolute atomic E-state index is 0.0000645. The molecular weight excluding hydrogens is 340 g/mol. The van der Waals surface area contributed by atoms with Crippen LogP contribution in [0.2, 0.25) is 0 Å². The number of aliphatic hydroxyl groups is 1. The van der Waals surface area contributed by atoms with Gasteiger partial charge in [-0.1, -0.05) is 42.5 Å². The Balaban J connectivity index is 1.58. The molecule has 1 saturated heterocycles. The minimum atomic E-state index is -0.0705. The van der Waals surface area contributed by atoms with E-state index >= 15 is 0 Å². The summed E-state index contributed by atoms with van der Waals surface area (Å²) in [5.41, 5.74) is 2.67. The predicted octanol–water partition coefficient (Wildman–Crippen LogP) is 3.12. The highest BCUT2D eigenvalue weighted by molar-refractivity contribution is 5.89. The molecule has 1 aliphatic heterocycles. The zero-order chi connectivity index (χ0) is 18.6. The van der Waals surface area contributed by atoms with Crippen LogP contribution in [0.15, 0.2) is 60.7 Å². The summed E-state index contributed by atoms with van der Waals surface area (Å²) in [5.74, 6) is 0.678. The topological polar surface area (TPSA) is 62.7 Å². The molecule has 0 amide bonds. The van der Waals surface area contributed by atoms with E-state index in [0.717, 1.165) is 35.1 Å². The third kappa shape index (κ3) is 3.84. The third-order valence-corrected chi connectivity index (χ3v) is 5.05. The molecule has 0 spiro atoms. The number of para-hydroxylation sites is 1. The van der Waals surface area contributed by atoms with Gasteiger partial charge < -0.3 is 9.84 Å². The fourth-order valence-electron chi connectivity index (χ4n) is 3.51. The van der Waals surface area contributed by atoms with Crippen LogP contribution in [-0.4, -0.2) is 47.2 Å². The molecule has 2 aromatic carbocycles. The molecule has 2 heterocycles. The van der Waals surface area contributed by atoms with Crippen LogP contribution in [0.5, 0.6) is 5.75 Å². The van der Waals surface area contributed by atoms with Crippen molar-refractivity contribution in [1.29, 1.82) is 0 Å². The lowest BCUT2D eigenvalue weighted by atomic mass is 10.0. The first-order valence-corrected chi connectivity index (χ1v) is 9.18. The van der Waals surface area contributed by atoms with Gasteiger partial charge in [0, 0.05) is 36.0 Å². The molecule has 5 nitrogen and oxygen atoms in total. The molecule has 3 aromatic rings. The molecule has 138 valence electrons. The Morgan fingerprint density at radius 1 is 1.15 bits per heavy atom. The van der Waals surface area contributed by atoms with Crippen molar-refractivity contribution in [2.75, 3.05) is 26.4 Å². The number of aliphatic hydroxyl groups excluding tert-OH is 1. The number of ketones is 1. The van der Waals surface area contributed by atoms with Gasteiger partial charge in [-0.25, -0.2) is 4.98 Å². The number of likely N-dealkylation sites (tertiary alicyclic amines) is 1. The monoisotopic (exact) mass is 362 g/mol. The number of aromatic nitrogens is 1. The Labute approximate surface area is 158 Å². The molecule has 1 unspecified atom stereocenters. The summed E-state index contributed by atoms with van der Waals surface area (Å²) in [6.07, 6.45) is 0.773. The molecule has 1 aromatic heterocycles. The molecule has 1 fully saturated rings. The van der Waals surface area contributed by atoms with E-state index in [9.17, 15) is 9.90 Å². The number of fused-ring (bicyclic) bond motifs is 1. The zero-order valence-corrected chi connectivity index (χ0v) is 15.0. The van der Waals surface area contributed by atoms with Gasteiger partial charge in [0.25, 0.3) is 0 Å². The molecule has 1 N–H and O–H groups in total. The lowest BCUT2D eigenvalue weighted by Crippen LogP contribution is -2.26. The van der Waals surface area contributed by atoms with Crippen molar-refractivity contribution >= 4 is 16.7 Å². The van der Waals surface area contributed by atoms with Crippen LogP contribution in [0.25, 0.3) is 22.2 Å². The van der Waals surface area contributed by atoms with Gasteiger partial charge in [-0.15, -0.1) is 0 Å². The minimum Gasteiger partial charge on any atom is -0.485 e. The van der Waals surface area contributed by atoms with Gasteiger partial charge in [0.15, 0.2) is 5.78 Å². The predicted molar refractivity (Wildman–Crippen MR) is 104 cm³/mol. The van der Waals surface area contributed by atoms with Crippen molar-refractivity contribution in [2.45, 2.75) is 6.42 Å². The standard InChI is InChI=1S/C22H22N2O3/c25-15-24-11-10-17(13-24)21(26)14-27-22-12-20(16-6-2-1-3-7-16)23-19-9-5-4-8-18(19)22/h1-9,12,17,25H,10-11,13-15H2. The fourth-order valence-corrected chi connectivity index (χ4v) is 3.51. The molecule has 0 radical (unpaired) electrons. The Bertz CT molecular complexity index is 943. The van der Waals surface area contributed by atoms with E-state index in [0.29, 0.717) is 12.3 Å². The van der Waals surface area contributed by atoms with E-state index in [1.807, 2.05) is 65.6 Å². The maximum Gasteiger partial charge on any atom is 0.174 e. The summed E-state index contributed by atoms with van der Waals surface area (Å²) in [5, 5.41) is 10.1. The van der Waals surface area contributed by atoms with Crippen LogP contribution < -0.4 is 4.74 Å². The van der Waals surface area contributed by atoms with Crippen LogP contribution in [0.1, 0.15) is 6.42 Å². The highest BCUT2D eigenvalue weighted by atomic mass is 16.5. The second-order valence-electron chi connectivity index (χ2n) is 6.85. The molecule has 0 aliphatic carbocycles. The number of hydrogen-bond acceptors (Lipinski definition) is 5. The van der Waals surface area contributed by atoms with E-state index in [2.05, 4.69) is 0 Å². The molecule has 5 heteroatoms. The summed E-state index contributed by atoms with van der Waals surface area (Å²) >= 11 is 0. The first-order valence-electron chi connectivity index (χ1n) is 9.18. The Morgan fingerprint density at radius 2 is 1.93 bits per heavy atom. The first-order chi connectivity index (χ1) is 13.2. The van der Waals surface area contributed by atoms with Gasteiger partial charge in [-0.05, 0) is 18.6 Å². The average molecular weight is 362 g/mol. The number of Topliss-reactive ketones (excluding diaryl/α,β-unsaturated/α-hetero) is 1. The fraction of sp³-hybridized carbons (Fsp3) is 0.273. The summed E-state index contributed by atoms with van der Waals surface area (Å²) in [4.78, 5) is 19.1. The lowest BCUT2D eigenvalue weighted by Gasteiger charge is -2.14. The van der Waals surface area contributed by atoms with Gasteiger partial charge in [0.2, 0.25) is 0 Å². The Morgan fingerprint density at radius 3 is 2.70 bits per heavy atom. The Kier molecular flexibility index (Phi) is 5.14. The van der Waals surface area contributed by atoms with Crippen molar-refractivity contribution in [3.63, 3.8) is 0 Å². The molecule has 1 atom stereocenters. The number of hydrogen-bond donors (Lipinski definition) is 1. The molecule has 0 saturated carbocycles. The summed E-state index contributed by atoms with van der Waals surface area (Å²) in [6.45, 7) is 1.39. The van der Waals surface area contributed by atoms with Crippen molar-refractivity contribution in [3.05, 3.63) is 60.7 Å². The summed E-state index contributed by atoms with van der Waals surface area (Å²) in [7, 11) is 0. The van der Waals surface area contributed by atoms with Crippen LogP contribution >= 0.6 is 0 Å². The number of ether oxygens (including phenoxy) is 1. The number of nitrogens with zero attached hydrogens (tertiary/aromatic N) is 2. The van der Waals surface area contributed by atoms with Crippen molar-refractivity contribution in [1.82, 2.24) is 9.88 Å². The van der Waals surface area contributed by atoms with E-state index in [-0.39, 0.29) is 25.0 Å². The molecule has 27 heavy (non-hydrogen) atoms. The van der Waals surface area contributed by atoms with Gasteiger partial charge >= 0.3 is 0 Å². The SMILES string of the molecule is O=C(COc1cc(-c2ccccc2)nc2ccccc12)C1CCN(CO)C1. The second-order valence-corrected chi connectivity index (χ2v) is 6.85. The van der Waals surface area contributed by atoms with Crippen molar-refractivity contribution < 1.29 is 14.6 Å². The number of carbonyl (C=O) groups is 1. The lowest BCUT2D eigenvalue weighted by molar-refractivity contribution is -0.124. The third-order valence-electron chi connectivity index (χ3n) is 5.05. The number of benzene rings is 2. The Hall–Kier alpha value is -2.76. The quantitative estimate of drug-likeness (QED) is 0.730. The molecule has 0 bridgehead atoms. The van der Waals surface area contributed by atoms with Crippen LogP contribution in [-0.2, 0) is 4.79 Å². The van der Waals surface area contributed by atoms with E-state index < -0.39 is 0 Å². The molecule has 1 aliphatic rings.